The van der Waals surface area contributed by atoms with E-state index in [1.165, 1.54) is 0 Å². The van der Waals surface area contributed by atoms with Crippen LogP contribution < -0.4 is 4.90 Å². The van der Waals surface area contributed by atoms with Gasteiger partial charge in [0.15, 0.2) is 5.82 Å². The van der Waals surface area contributed by atoms with Crippen molar-refractivity contribution in [2.24, 2.45) is 0 Å². The van der Waals surface area contributed by atoms with Crippen LogP contribution in [0.5, 0.6) is 0 Å². The molecule has 110 valence electrons. The highest BCUT2D eigenvalue weighted by Gasteiger charge is 2.34. The van der Waals surface area contributed by atoms with E-state index in [9.17, 15) is 9.50 Å². The van der Waals surface area contributed by atoms with Gasteiger partial charge in [0.05, 0.1) is 18.0 Å². The van der Waals surface area contributed by atoms with E-state index in [1.54, 1.807) is 12.1 Å². The first-order valence-corrected chi connectivity index (χ1v) is 7.16. The third-order valence-corrected chi connectivity index (χ3v) is 4.11. The quantitative estimate of drug-likeness (QED) is 0.927. The summed E-state index contributed by atoms with van der Waals surface area (Å²) in [7, 11) is 0. The van der Waals surface area contributed by atoms with E-state index in [4.69, 9.17) is 11.6 Å². The number of piperidine rings is 1. The third kappa shape index (κ3) is 2.99. The summed E-state index contributed by atoms with van der Waals surface area (Å²) < 4.78 is 12.8. The Morgan fingerprint density at radius 3 is 2.24 bits per heavy atom. The maximum atomic E-state index is 12.8. The Hall–Kier alpha value is -1.72. The van der Waals surface area contributed by atoms with Gasteiger partial charge in [0.25, 0.3) is 0 Å². The number of rotatable bonds is 2. The summed E-state index contributed by atoms with van der Waals surface area (Å²) in [5, 5.41) is 11.4. The van der Waals surface area contributed by atoms with Crippen LogP contribution in [0.1, 0.15) is 18.4 Å². The van der Waals surface area contributed by atoms with Gasteiger partial charge in [-0.25, -0.2) is 14.4 Å². The predicted octanol–water partition coefficient (Wildman–Crippen LogP) is 2.76. The molecule has 21 heavy (non-hydrogen) atoms. The molecular formula is C15H15ClFN3O. The molecule has 1 fully saturated rings. The van der Waals surface area contributed by atoms with Crippen molar-refractivity contribution in [3.05, 3.63) is 53.1 Å². The number of nitrogens with zero attached hydrogens (tertiary/aromatic N) is 3. The standard InChI is InChI=1S/C15H15ClFN3O/c16-12-3-1-11(2-4-12)15(21)5-7-20(8-6-15)14-18-9-13(17)10-19-14/h1-4,9-10,21H,5-8H2. The van der Waals surface area contributed by atoms with Crippen molar-refractivity contribution in [2.45, 2.75) is 18.4 Å². The number of aliphatic hydroxyl groups is 1. The van der Waals surface area contributed by atoms with Crippen LogP contribution in [0, 0.1) is 5.82 Å². The highest BCUT2D eigenvalue weighted by molar-refractivity contribution is 6.30. The third-order valence-electron chi connectivity index (χ3n) is 3.86. The van der Waals surface area contributed by atoms with Crippen molar-refractivity contribution in [3.8, 4) is 0 Å². The van der Waals surface area contributed by atoms with Crippen LogP contribution in [-0.2, 0) is 5.60 Å². The predicted molar refractivity (Wildman–Crippen MR) is 78.8 cm³/mol. The second kappa shape index (κ2) is 5.58. The van der Waals surface area contributed by atoms with Crippen LogP contribution in [0.25, 0.3) is 0 Å². The number of hydrogen-bond acceptors (Lipinski definition) is 4. The first-order valence-electron chi connectivity index (χ1n) is 6.78. The summed E-state index contributed by atoms with van der Waals surface area (Å²) in [5.41, 5.74) is 0.00720. The zero-order chi connectivity index (χ0) is 14.9. The van der Waals surface area contributed by atoms with Gasteiger partial charge in [-0.15, -0.1) is 0 Å². The average Bonchev–Trinajstić information content (AvgIpc) is 2.50. The number of halogens is 2. The maximum absolute atomic E-state index is 12.8. The van der Waals surface area contributed by atoms with Gasteiger partial charge in [0.1, 0.15) is 0 Å². The topological polar surface area (TPSA) is 49.2 Å². The van der Waals surface area contributed by atoms with E-state index in [2.05, 4.69) is 9.97 Å². The van der Waals surface area contributed by atoms with Crippen molar-refractivity contribution in [1.29, 1.82) is 0 Å². The Bertz CT molecular complexity index is 610. The summed E-state index contributed by atoms with van der Waals surface area (Å²) in [6, 6.07) is 7.27. The van der Waals surface area contributed by atoms with Gasteiger partial charge < -0.3 is 10.0 Å². The molecule has 6 heteroatoms. The minimum atomic E-state index is -0.860. The van der Waals surface area contributed by atoms with Crippen LogP contribution in [0.2, 0.25) is 5.02 Å². The summed E-state index contributed by atoms with van der Waals surface area (Å²) in [4.78, 5) is 9.90. The van der Waals surface area contributed by atoms with Gasteiger partial charge in [-0.2, -0.15) is 0 Å². The maximum Gasteiger partial charge on any atom is 0.225 e. The Labute approximate surface area is 127 Å². The van der Waals surface area contributed by atoms with E-state index in [0.29, 0.717) is 36.9 Å². The van der Waals surface area contributed by atoms with Gasteiger partial charge >= 0.3 is 0 Å². The molecule has 1 aromatic carbocycles. The molecule has 2 aromatic rings. The van der Waals surface area contributed by atoms with Crippen molar-refractivity contribution in [2.75, 3.05) is 18.0 Å². The Morgan fingerprint density at radius 1 is 1.10 bits per heavy atom. The zero-order valence-electron chi connectivity index (χ0n) is 11.3. The number of hydrogen-bond donors (Lipinski definition) is 1. The fraction of sp³-hybridized carbons (Fsp3) is 0.333. The van der Waals surface area contributed by atoms with E-state index in [-0.39, 0.29) is 0 Å². The lowest BCUT2D eigenvalue weighted by molar-refractivity contribution is 0.0115. The fourth-order valence-electron chi connectivity index (χ4n) is 2.59. The molecule has 0 saturated carbocycles. The molecule has 0 spiro atoms. The molecule has 0 bridgehead atoms. The summed E-state index contributed by atoms with van der Waals surface area (Å²) >= 11 is 5.87. The van der Waals surface area contributed by atoms with Gasteiger partial charge in [-0.3, -0.25) is 0 Å². The summed E-state index contributed by atoms with van der Waals surface area (Å²) in [6.07, 6.45) is 3.44. The lowest BCUT2D eigenvalue weighted by Crippen LogP contribution is -2.43. The van der Waals surface area contributed by atoms with Crippen LogP contribution in [0.4, 0.5) is 10.3 Å². The Morgan fingerprint density at radius 2 is 1.67 bits per heavy atom. The van der Waals surface area contributed by atoms with Crippen molar-refractivity contribution in [3.63, 3.8) is 0 Å². The van der Waals surface area contributed by atoms with Crippen LogP contribution in [0.15, 0.2) is 36.7 Å². The first-order chi connectivity index (χ1) is 10.1. The Kier molecular flexibility index (Phi) is 3.78. The van der Waals surface area contributed by atoms with Gasteiger partial charge in [-0.1, -0.05) is 23.7 Å². The zero-order valence-corrected chi connectivity index (χ0v) is 12.1. The minimum Gasteiger partial charge on any atom is -0.385 e. The largest absolute Gasteiger partial charge is 0.385 e. The van der Waals surface area contributed by atoms with Crippen molar-refractivity contribution < 1.29 is 9.50 Å². The van der Waals surface area contributed by atoms with Crippen LogP contribution in [0.3, 0.4) is 0 Å². The molecule has 1 N–H and O–H groups in total. The molecule has 0 aliphatic carbocycles. The number of anilines is 1. The van der Waals surface area contributed by atoms with E-state index in [1.807, 2.05) is 17.0 Å². The molecule has 0 atom stereocenters. The van der Waals surface area contributed by atoms with Crippen molar-refractivity contribution >= 4 is 17.5 Å². The average molecular weight is 308 g/mol. The second-order valence-corrected chi connectivity index (χ2v) is 5.66. The number of benzene rings is 1. The highest BCUT2D eigenvalue weighted by atomic mass is 35.5. The lowest BCUT2D eigenvalue weighted by Gasteiger charge is -2.38. The molecule has 2 heterocycles. The molecule has 0 unspecified atom stereocenters. The summed E-state index contributed by atoms with van der Waals surface area (Å²) in [6.45, 7) is 1.23. The smallest absolute Gasteiger partial charge is 0.225 e. The molecule has 3 rings (SSSR count). The van der Waals surface area contributed by atoms with Gasteiger partial charge in [0.2, 0.25) is 5.95 Å². The molecule has 0 radical (unpaired) electrons. The number of aromatic nitrogens is 2. The van der Waals surface area contributed by atoms with Crippen molar-refractivity contribution in [1.82, 2.24) is 9.97 Å². The van der Waals surface area contributed by atoms with Crippen LogP contribution >= 0.6 is 11.6 Å². The lowest BCUT2D eigenvalue weighted by atomic mass is 9.84. The normalized spacial score (nSPS) is 17.8. The molecule has 1 aliphatic rings. The molecule has 1 aliphatic heterocycles. The van der Waals surface area contributed by atoms with Crippen LogP contribution in [-0.4, -0.2) is 28.2 Å². The Balaban J connectivity index is 1.72. The molecular weight excluding hydrogens is 293 g/mol. The van der Waals surface area contributed by atoms with Gasteiger partial charge in [0, 0.05) is 18.1 Å². The summed E-state index contributed by atoms with van der Waals surface area (Å²) in [5.74, 6) is 0.0444. The highest BCUT2D eigenvalue weighted by Crippen LogP contribution is 2.34. The minimum absolute atomic E-state index is 0.451. The molecule has 1 aromatic heterocycles. The van der Waals surface area contributed by atoms with E-state index in [0.717, 1.165) is 18.0 Å². The monoisotopic (exact) mass is 307 g/mol. The molecule has 4 nitrogen and oxygen atoms in total. The molecule has 0 amide bonds. The van der Waals surface area contributed by atoms with Gasteiger partial charge in [-0.05, 0) is 30.5 Å². The van der Waals surface area contributed by atoms with E-state index < -0.39 is 11.4 Å². The second-order valence-electron chi connectivity index (χ2n) is 5.23. The fourth-order valence-corrected chi connectivity index (χ4v) is 2.72. The first kappa shape index (κ1) is 14.2. The SMILES string of the molecule is OC1(c2ccc(Cl)cc2)CCN(c2ncc(F)cn2)CC1. The molecule has 1 saturated heterocycles. The van der Waals surface area contributed by atoms with E-state index >= 15 is 0 Å².